The summed E-state index contributed by atoms with van der Waals surface area (Å²) >= 11 is 0. The fraction of sp³-hybridized carbons (Fsp3) is 0.333. The largest absolute Gasteiger partial charge is 0.493 e. The summed E-state index contributed by atoms with van der Waals surface area (Å²) in [5, 5.41) is 0. The fourth-order valence-electron chi connectivity index (χ4n) is 4.63. The number of methoxy groups -OCH3 is 1. The minimum Gasteiger partial charge on any atom is -0.493 e. The van der Waals surface area contributed by atoms with Crippen LogP contribution >= 0.6 is 0 Å². The summed E-state index contributed by atoms with van der Waals surface area (Å²) in [4.78, 5) is 8.81. The van der Waals surface area contributed by atoms with Crippen molar-refractivity contribution in [2.45, 2.75) is 51.6 Å². The van der Waals surface area contributed by atoms with Gasteiger partial charge in [0.15, 0.2) is 11.5 Å². The van der Waals surface area contributed by atoms with Gasteiger partial charge in [-0.2, -0.15) is 0 Å². The molecule has 2 heterocycles. The van der Waals surface area contributed by atoms with Gasteiger partial charge in [-0.25, -0.2) is 4.98 Å². The summed E-state index contributed by atoms with van der Waals surface area (Å²) in [7, 11) is 1.71. The highest BCUT2D eigenvalue weighted by Crippen LogP contribution is 2.33. The molecule has 0 saturated heterocycles. The van der Waals surface area contributed by atoms with Gasteiger partial charge in [0, 0.05) is 11.9 Å². The molecule has 2 aromatic carbocycles. The number of rotatable bonds is 7. The van der Waals surface area contributed by atoms with Gasteiger partial charge in [0.05, 0.1) is 24.9 Å². The maximum Gasteiger partial charge on any atom is 0.161 e. The lowest BCUT2D eigenvalue weighted by atomic mass is 10.0. The van der Waals surface area contributed by atoms with Crippen molar-refractivity contribution in [1.82, 2.24) is 14.5 Å². The molecular weight excluding hydrogens is 398 g/mol. The summed E-state index contributed by atoms with van der Waals surface area (Å²) in [6.45, 7) is 2.03. The lowest BCUT2D eigenvalue weighted by Crippen LogP contribution is -2.11. The predicted molar refractivity (Wildman–Crippen MR) is 127 cm³/mol. The maximum atomic E-state index is 6.26. The van der Waals surface area contributed by atoms with Crippen LogP contribution in [0.2, 0.25) is 0 Å². The van der Waals surface area contributed by atoms with Crippen molar-refractivity contribution < 1.29 is 9.47 Å². The molecule has 1 fully saturated rings. The van der Waals surface area contributed by atoms with Gasteiger partial charge in [-0.05, 0) is 86.9 Å². The van der Waals surface area contributed by atoms with Crippen LogP contribution in [0, 0.1) is 6.92 Å². The third kappa shape index (κ3) is 4.20. The summed E-state index contributed by atoms with van der Waals surface area (Å²) in [5.41, 5.74) is 5.71. The summed E-state index contributed by atoms with van der Waals surface area (Å²) in [6.07, 6.45) is 10.7. The molecular formula is C27H29N3O2. The monoisotopic (exact) mass is 427 g/mol. The van der Waals surface area contributed by atoms with E-state index in [2.05, 4.69) is 50.9 Å². The molecule has 2 aromatic heterocycles. The molecule has 0 spiro atoms. The molecule has 0 bridgehead atoms. The van der Waals surface area contributed by atoms with Crippen LogP contribution in [0.25, 0.3) is 16.7 Å². The minimum atomic E-state index is 0.324. The second-order valence-electron chi connectivity index (χ2n) is 8.53. The molecule has 5 rings (SSSR count). The number of aromatic nitrogens is 3. The van der Waals surface area contributed by atoms with Crippen LogP contribution in [0.3, 0.4) is 0 Å². The van der Waals surface area contributed by atoms with E-state index in [9.17, 15) is 0 Å². The molecule has 1 aliphatic rings. The Hall–Kier alpha value is -3.34. The molecule has 32 heavy (non-hydrogen) atoms. The first-order valence-corrected chi connectivity index (χ1v) is 11.4. The van der Waals surface area contributed by atoms with E-state index in [1.54, 1.807) is 7.11 Å². The average molecular weight is 428 g/mol. The Kier molecular flexibility index (Phi) is 5.80. The topological polar surface area (TPSA) is 49.2 Å². The molecule has 164 valence electrons. The SMILES string of the molecule is COc1ccc(CCc2ccc(-n3c(C)nc4cnccc43)cc2)cc1OC1CCCC1. The van der Waals surface area contributed by atoms with E-state index >= 15 is 0 Å². The third-order valence-corrected chi connectivity index (χ3v) is 6.35. The van der Waals surface area contributed by atoms with Crippen LogP contribution in [-0.4, -0.2) is 27.7 Å². The smallest absolute Gasteiger partial charge is 0.161 e. The van der Waals surface area contributed by atoms with Gasteiger partial charge in [0.25, 0.3) is 0 Å². The number of ether oxygens (including phenoxy) is 2. The number of imidazole rings is 1. The second-order valence-corrected chi connectivity index (χ2v) is 8.53. The first-order chi connectivity index (χ1) is 15.7. The van der Waals surface area contributed by atoms with Crippen LogP contribution < -0.4 is 9.47 Å². The van der Waals surface area contributed by atoms with E-state index in [1.165, 1.54) is 24.0 Å². The van der Waals surface area contributed by atoms with Crippen LogP contribution in [-0.2, 0) is 12.8 Å². The van der Waals surface area contributed by atoms with Gasteiger partial charge in [-0.3, -0.25) is 9.55 Å². The van der Waals surface area contributed by atoms with E-state index in [4.69, 9.17) is 9.47 Å². The summed E-state index contributed by atoms with van der Waals surface area (Å²) in [5.74, 6) is 2.67. The van der Waals surface area contributed by atoms with E-state index < -0.39 is 0 Å². The highest BCUT2D eigenvalue weighted by atomic mass is 16.5. The first-order valence-electron chi connectivity index (χ1n) is 11.4. The van der Waals surface area contributed by atoms with Crippen molar-refractivity contribution in [2.24, 2.45) is 0 Å². The van der Waals surface area contributed by atoms with E-state index in [0.29, 0.717) is 6.10 Å². The highest BCUT2D eigenvalue weighted by molar-refractivity contribution is 5.77. The summed E-state index contributed by atoms with van der Waals surface area (Å²) < 4.78 is 14.0. The lowest BCUT2D eigenvalue weighted by Gasteiger charge is -2.17. The van der Waals surface area contributed by atoms with Gasteiger partial charge in [0.1, 0.15) is 11.3 Å². The van der Waals surface area contributed by atoms with Gasteiger partial charge in [0.2, 0.25) is 0 Å². The number of hydrogen-bond donors (Lipinski definition) is 0. The number of pyridine rings is 1. The van der Waals surface area contributed by atoms with Crippen molar-refractivity contribution in [3.8, 4) is 17.2 Å². The number of aryl methyl sites for hydroxylation is 3. The molecule has 0 N–H and O–H groups in total. The van der Waals surface area contributed by atoms with Crippen LogP contribution in [0.15, 0.2) is 60.9 Å². The van der Waals surface area contributed by atoms with E-state index in [1.807, 2.05) is 31.5 Å². The van der Waals surface area contributed by atoms with Crippen LogP contribution in [0.1, 0.15) is 42.6 Å². The number of hydrogen-bond acceptors (Lipinski definition) is 4. The molecule has 1 saturated carbocycles. The zero-order valence-electron chi connectivity index (χ0n) is 18.8. The van der Waals surface area contributed by atoms with Gasteiger partial charge in [-0.1, -0.05) is 18.2 Å². The molecule has 0 radical (unpaired) electrons. The molecule has 0 aliphatic heterocycles. The van der Waals surface area contributed by atoms with Crippen LogP contribution in [0.4, 0.5) is 0 Å². The average Bonchev–Trinajstić information content (AvgIpc) is 3.45. The molecule has 4 aromatic rings. The number of nitrogens with zero attached hydrogens (tertiary/aromatic N) is 3. The Morgan fingerprint density at radius 3 is 2.47 bits per heavy atom. The predicted octanol–water partition coefficient (Wildman–Crippen LogP) is 5.84. The molecule has 0 atom stereocenters. The maximum absolute atomic E-state index is 6.26. The molecule has 0 amide bonds. The zero-order chi connectivity index (χ0) is 21.9. The quantitative estimate of drug-likeness (QED) is 0.372. The second kappa shape index (κ2) is 9.03. The molecule has 1 aliphatic carbocycles. The summed E-state index contributed by atoms with van der Waals surface area (Å²) in [6, 6.07) is 17.1. The Labute approximate surface area is 189 Å². The fourth-order valence-corrected chi connectivity index (χ4v) is 4.63. The van der Waals surface area contributed by atoms with Crippen molar-refractivity contribution in [3.63, 3.8) is 0 Å². The molecule has 5 heteroatoms. The van der Waals surface area contributed by atoms with Crippen molar-refractivity contribution in [2.75, 3.05) is 7.11 Å². The van der Waals surface area contributed by atoms with Crippen molar-refractivity contribution in [3.05, 3.63) is 77.9 Å². The Morgan fingerprint density at radius 2 is 1.69 bits per heavy atom. The van der Waals surface area contributed by atoms with Gasteiger partial charge < -0.3 is 9.47 Å². The molecule has 0 unspecified atom stereocenters. The van der Waals surface area contributed by atoms with Crippen LogP contribution in [0.5, 0.6) is 11.5 Å². The Balaban J connectivity index is 1.29. The zero-order valence-corrected chi connectivity index (χ0v) is 18.8. The third-order valence-electron chi connectivity index (χ3n) is 6.35. The first kappa shape index (κ1) is 20.6. The van der Waals surface area contributed by atoms with Crippen molar-refractivity contribution >= 4 is 11.0 Å². The van der Waals surface area contributed by atoms with E-state index in [0.717, 1.165) is 59.7 Å². The number of benzene rings is 2. The molecule has 5 nitrogen and oxygen atoms in total. The van der Waals surface area contributed by atoms with E-state index in [-0.39, 0.29) is 0 Å². The number of fused-ring (bicyclic) bond motifs is 1. The minimum absolute atomic E-state index is 0.324. The highest BCUT2D eigenvalue weighted by Gasteiger charge is 2.18. The standard InChI is InChI=1S/C27H29N3O2/c1-19-29-24-18-28-16-15-25(24)30(19)22-12-9-20(10-13-22)7-8-21-11-14-26(31-2)27(17-21)32-23-5-3-4-6-23/h9-18,23H,3-8H2,1-2H3. The normalized spacial score (nSPS) is 14.2. The lowest BCUT2D eigenvalue weighted by molar-refractivity contribution is 0.200. The van der Waals surface area contributed by atoms with Crippen molar-refractivity contribution in [1.29, 1.82) is 0 Å². The van der Waals surface area contributed by atoms with Gasteiger partial charge in [-0.15, -0.1) is 0 Å². The Morgan fingerprint density at radius 1 is 0.938 bits per heavy atom. The Bertz CT molecular complexity index is 1210. The van der Waals surface area contributed by atoms with Gasteiger partial charge >= 0.3 is 0 Å².